The van der Waals surface area contributed by atoms with Crippen molar-refractivity contribution in [2.45, 2.75) is 60.9 Å². The number of hydrogen-bond donors (Lipinski definition) is 2. The molecule has 0 amide bonds. The smallest absolute Gasteiger partial charge is 0.0545 e. The van der Waals surface area contributed by atoms with Crippen LogP contribution >= 0.6 is 11.3 Å². The second kappa shape index (κ2) is 17.6. The maximum Gasteiger partial charge on any atom is 0.0545 e. The SMILES string of the molecule is C/C=C\C(=C/C)C1=Cc2c(c3cc4ccccc4cc3n2Cc2ccccc2)CC1.CC.CC.N/C=C(\N)c1ccc2c(c1)sc1ccccc12. The van der Waals surface area contributed by atoms with Crippen LogP contribution in [0.5, 0.6) is 0 Å². The molecular weight excluding hydrogens is 639 g/mol. The normalized spacial score (nSPS) is 12.9. The van der Waals surface area contributed by atoms with E-state index in [0.717, 1.165) is 24.9 Å². The maximum atomic E-state index is 5.82. The molecule has 0 atom stereocenters. The predicted molar refractivity (Wildman–Crippen MR) is 228 cm³/mol. The number of hydrogen-bond acceptors (Lipinski definition) is 3. The lowest BCUT2D eigenvalue weighted by atomic mass is 9.90. The van der Waals surface area contributed by atoms with Gasteiger partial charge in [0, 0.05) is 55.1 Å². The molecule has 4 heteroatoms. The Morgan fingerprint density at radius 3 is 2.10 bits per heavy atom. The van der Waals surface area contributed by atoms with Crippen molar-refractivity contribution >= 4 is 65.0 Å². The standard InChI is InChI=1S/C29H27N.C14H12N2S.2C2H6/c1-3-10-22(4-2)25-15-16-26-27-17-23-13-8-9-14-24(23)18-29(27)30(28(26)19-25)20-21-11-6-5-7-12-21;15-8-12(16)9-5-6-11-10-3-1-2-4-13(10)17-14(11)7-9;2*1-2/h3-14,17-19H,15-16,20H2,1-2H3;1-8H,15-16H2;2*1-2H3/b10-3-,22-4+;12-8-;;. The van der Waals surface area contributed by atoms with Gasteiger partial charge >= 0.3 is 0 Å². The van der Waals surface area contributed by atoms with Gasteiger partial charge in [-0.15, -0.1) is 11.3 Å². The minimum atomic E-state index is 0.615. The first-order valence-corrected chi connectivity index (χ1v) is 19.1. The molecule has 7 aromatic rings. The van der Waals surface area contributed by atoms with E-state index in [0.29, 0.717) is 5.70 Å². The molecule has 0 saturated heterocycles. The van der Waals surface area contributed by atoms with Gasteiger partial charge in [-0.05, 0) is 90.1 Å². The van der Waals surface area contributed by atoms with E-state index >= 15 is 0 Å². The number of nitrogens with two attached hydrogens (primary N) is 2. The molecule has 51 heavy (non-hydrogen) atoms. The Hall–Kier alpha value is -5.32. The average Bonchev–Trinajstić information content (AvgIpc) is 3.72. The lowest BCUT2D eigenvalue weighted by Crippen LogP contribution is -2.06. The van der Waals surface area contributed by atoms with Gasteiger partial charge in [-0.1, -0.05) is 131 Å². The molecule has 0 unspecified atom stereocenters. The molecule has 2 heterocycles. The highest BCUT2D eigenvalue weighted by molar-refractivity contribution is 7.25. The Labute approximate surface area is 307 Å². The molecule has 2 aromatic heterocycles. The van der Waals surface area contributed by atoms with E-state index in [1.54, 1.807) is 11.3 Å². The second-order valence-corrected chi connectivity index (χ2v) is 13.1. The first-order valence-electron chi connectivity index (χ1n) is 18.2. The highest BCUT2D eigenvalue weighted by Gasteiger charge is 2.21. The van der Waals surface area contributed by atoms with E-state index in [4.69, 9.17) is 11.5 Å². The van der Waals surface area contributed by atoms with Gasteiger partial charge < -0.3 is 16.0 Å². The third-order valence-corrected chi connectivity index (χ3v) is 10.3. The fourth-order valence-electron chi connectivity index (χ4n) is 6.78. The number of aromatic nitrogens is 1. The molecule has 8 rings (SSSR count). The summed E-state index contributed by atoms with van der Waals surface area (Å²) in [6.07, 6.45) is 12.7. The van der Waals surface area contributed by atoms with Gasteiger partial charge in [0.2, 0.25) is 0 Å². The topological polar surface area (TPSA) is 57.0 Å². The second-order valence-electron chi connectivity index (χ2n) is 12.0. The molecule has 0 bridgehead atoms. The Kier molecular flexibility index (Phi) is 12.7. The molecule has 0 aliphatic heterocycles. The number of aryl methyl sites for hydroxylation is 1. The fourth-order valence-corrected chi connectivity index (χ4v) is 7.93. The van der Waals surface area contributed by atoms with Gasteiger partial charge in [-0.2, -0.15) is 0 Å². The molecule has 260 valence electrons. The highest BCUT2D eigenvalue weighted by Crippen LogP contribution is 2.38. The monoisotopic (exact) mass is 689 g/mol. The zero-order chi connectivity index (χ0) is 36.3. The van der Waals surface area contributed by atoms with Crippen LogP contribution < -0.4 is 11.5 Å². The summed E-state index contributed by atoms with van der Waals surface area (Å²) in [4.78, 5) is 0. The number of allylic oxidation sites excluding steroid dienone is 5. The van der Waals surface area contributed by atoms with Crippen LogP contribution in [0.25, 0.3) is 53.6 Å². The third-order valence-electron chi connectivity index (χ3n) is 9.14. The van der Waals surface area contributed by atoms with Crippen molar-refractivity contribution in [2.24, 2.45) is 11.5 Å². The van der Waals surface area contributed by atoms with E-state index in [1.165, 1.54) is 76.0 Å². The number of fused-ring (bicyclic) bond motifs is 7. The van der Waals surface area contributed by atoms with Crippen molar-refractivity contribution in [3.05, 3.63) is 167 Å². The molecule has 1 aliphatic rings. The molecule has 0 fully saturated rings. The van der Waals surface area contributed by atoms with Crippen LogP contribution in [0, 0.1) is 0 Å². The summed E-state index contributed by atoms with van der Waals surface area (Å²) in [5.74, 6) is 0. The Morgan fingerprint density at radius 2 is 1.39 bits per heavy atom. The zero-order valence-electron chi connectivity index (χ0n) is 30.9. The minimum absolute atomic E-state index is 0.615. The van der Waals surface area contributed by atoms with Crippen LogP contribution in [-0.4, -0.2) is 4.57 Å². The summed E-state index contributed by atoms with van der Waals surface area (Å²) in [5, 5.41) is 6.61. The quantitative estimate of drug-likeness (QED) is 0.177. The average molecular weight is 690 g/mol. The number of benzene rings is 5. The third kappa shape index (κ3) is 7.87. The summed E-state index contributed by atoms with van der Waals surface area (Å²) < 4.78 is 5.07. The van der Waals surface area contributed by atoms with Crippen LogP contribution in [0.3, 0.4) is 0 Å². The molecular formula is C47H51N3S. The van der Waals surface area contributed by atoms with Gasteiger partial charge in [-0.25, -0.2) is 0 Å². The molecule has 1 aliphatic carbocycles. The first kappa shape index (κ1) is 36.9. The van der Waals surface area contributed by atoms with Crippen LogP contribution in [0.2, 0.25) is 0 Å². The number of thiophene rings is 1. The zero-order valence-corrected chi connectivity index (χ0v) is 31.7. The van der Waals surface area contributed by atoms with Crippen molar-refractivity contribution in [1.29, 1.82) is 0 Å². The van der Waals surface area contributed by atoms with Gasteiger partial charge in [0.05, 0.1) is 5.70 Å². The van der Waals surface area contributed by atoms with Crippen molar-refractivity contribution in [3.8, 4) is 0 Å². The van der Waals surface area contributed by atoms with Crippen LogP contribution in [0.1, 0.15) is 70.3 Å². The molecule has 0 radical (unpaired) electrons. The predicted octanol–water partition coefficient (Wildman–Crippen LogP) is 13.0. The molecule has 0 spiro atoms. The van der Waals surface area contributed by atoms with Gasteiger partial charge in [-0.3, -0.25) is 0 Å². The summed E-state index contributed by atoms with van der Waals surface area (Å²) >= 11 is 1.78. The summed E-state index contributed by atoms with van der Waals surface area (Å²) in [6, 6.07) is 38.9. The largest absolute Gasteiger partial charge is 0.403 e. The molecule has 5 aromatic carbocycles. The number of rotatable bonds is 5. The number of nitrogens with zero attached hydrogens (tertiary/aromatic N) is 1. The van der Waals surface area contributed by atoms with Crippen molar-refractivity contribution in [1.82, 2.24) is 4.57 Å². The maximum absolute atomic E-state index is 5.82. The lowest BCUT2D eigenvalue weighted by Gasteiger charge is -2.17. The Morgan fingerprint density at radius 1 is 0.725 bits per heavy atom. The Bertz CT molecular complexity index is 2360. The van der Waals surface area contributed by atoms with E-state index in [-0.39, 0.29) is 0 Å². The Balaban J connectivity index is 0.000000203. The summed E-state index contributed by atoms with van der Waals surface area (Å²) in [5.41, 5.74) is 21.2. The van der Waals surface area contributed by atoms with E-state index in [2.05, 4.69) is 146 Å². The first-order chi connectivity index (χ1) is 25.1. The van der Waals surface area contributed by atoms with Crippen LogP contribution in [0.4, 0.5) is 0 Å². The summed E-state index contributed by atoms with van der Waals surface area (Å²) in [7, 11) is 0. The van der Waals surface area contributed by atoms with Gasteiger partial charge in [0.1, 0.15) is 0 Å². The van der Waals surface area contributed by atoms with Crippen molar-refractivity contribution < 1.29 is 0 Å². The van der Waals surface area contributed by atoms with Crippen LogP contribution in [-0.2, 0) is 13.0 Å². The molecule has 0 saturated carbocycles. The van der Waals surface area contributed by atoms with E-state index in [1.807, 2.05) is 33.8 Å². The fraction of sp³-hybridized carbons (Fsp3) is 0.191. The van der Waals surface area contributed by atoms with E-state index < -0.39 is 0 Å². The van der Waals surface area contributed by atoms with E-state index in [9.17, 15) is 0 Å². The van der Waals surface area contributed by atoms with Gasteiger partial charge in [0.25, 0.3) is 0 Å². The van der Waals surface area contributed by atoms with Crippen molar-refractivity contribution in [2.75, 3.05) is 0 Å². The van der Waals surface area contributed by atoms with Crippen LogP contribution in [0.15, 0.2) is 145 Å². The summed E-state index contributed by atoms with van der Waals surface area (Å²) in [6.45, 7) is 13.1. The lowest BCUT2D eigenvalue weighted by molar-refractivity contribution is 0.807. The van der Waals surface area contributed by atoms with Crippen molar-refractivity contribution in [3.63, 3.8) is 0 Å². The molecule has 3 nitrogen and oxygen atoms in total. The molecule has 4 N–H and O–H groups in total. The van der Waals surface area contributed by atoms with Gasteiger partial charge in [0.15, 0.2) is 0 Å². The minimum Gasteiger partial charge on any atom is -0.403 e. The highest BCUT2D eigenvalue weighted by atomic mass is 32.1.